The maximum atomic E-state index is 13.2. The number of sulfonamides is 1. The number of benzene rings is 1. The number of hydrogen-bond donors (Lipinski definition) is 1. The Morgan fingerprint density at radius 2 is 1.88 bits per heavy atom. The molecule has 0 unspecified atom stereocenters. The van der Waals surface area contributed by atoms with Crippen molar-refractivity contribution in [3.8, 4) is 17.3 Å². The van der Waals surface area contributed by atoms with Gasteiger partial charge in [-0.3, -0.25) is 4.79 Å². The molecule has 0 aliphatic carbocycles. The predicted octanol–water partition coefficient (Wildman–Crippen LogP) is 4.21. The van der Waals surface area contributed by atoms with E-state index in [1.807, 2.05) is 6.92 Å². The second-order valence-electron chi connectivity index (χ2n) is 7.63. The SMILES string of the molecule is Cc1cc([C@@H](C)Oc2ccc(Cl)nc2S(N)(=O)=O)c2oc(-c3ocnc3C)c(C)c(=O)c2c1. The number of nitrogens with two attached hydrogens (primary N) is 1. The van der Waals surface area contributed by atoms with Crippen LogP contribution in [-0.4, -0.2) is 18.4 Å². The van der Waals surface area contributed by atoms with Crippen LogP contribution in [0.3, 0.4) is 0 Å². The average molecular weight is 490 g/mol. The van der Waals surface area contributed by atoms with Crippen molar-refractivity contribution in [2.75, 3.05) is 0 Å². The maximum absolute atomic E-state index is 13.2. The van der Waals surface area contributed by atoms with Crippen LogP contribution >= 0.6 is 11.6 Å². The highest BCUT2D eigenvalue weighted by Crippen LogP contribution is 2.34. The van der Waals surface area contributed by atoms with Crippen molar-refractivity contribution in [3.05, 3.63) is 68.4 Å². The summed E-state index contributed by atoms with van der Waals surface area (Å²) >= 11 is 5.84. The Hall–Kier alpha value is -3.21. The summed E-state index contributed by atoms with van der Waals surface area (Å²) in [7, 11) is -4.20. The number of rotatable bonds is 5. The van der Waals surface area contributed by atoms with Crippen molar-refractivity contribution in [1.82, 2.24) is 9.97 Å². The normalized spacial score (nSPS) is 12.8. The summed E-state index contributed by atoms with van der Waals surface area (Å²) < 4.78 is 41.5. The second kappa shape index (κ2) is 8.29. The number of nitrogens with zero attached hydrogens (tertiary/aromatic N) is 2. The van der Waals surface area contributed by atoms with Crippen LogP contribution in [0.15, 0.2) is 49.3 Å². The number of hydrogen-bond acceptors (Lipinski definition) is 8. The molecule has 1 aromatic carbocycles. The van der Waals surface area contributed by atoms with Gasteiger partial charge in [-0.2, -0.15) is 0 Å². The Morgan fingerprint density at radius 1 is 1.15 bits per heavy atom. The lowest BCUT2D eigenvalue weighted by atomic mass is 10.0. The first kappa shape index (κ1) is 23.0. The van der Waals surface area contributed by atoms with Crippen molar-refractivity contribution in [2.45, 2.75) is 38.8 Å². The zero-order chi connectivity index (χ0) is 24.1. The molecule has 0 aliphatic heterocycles. The summed E-state index contributed by atoms with van der Waals surface area (Å²) in [6, 6.07) is 6.28. The van der Waals surface area contributed by atoms with E-state index < -0.39 is 21.2 Å². The molecule has 0 amide bonds. The van der Waals surface area contributed by atoms with Crippen molar-refractivity contribution in [2.24, 2.45) is 5.14 Å². The number of fused-ring (bicyclic) bond motifs is 1. The van der Waals surface area contributed by atoms with E-state index in [1.165, 1.54) is 18.5 Å². The molecule has 172 valence electrons. The van der Waals surface area contributed by atoms with E-state index in [4.69, 9.17) is 30.3 Å². The first-order chi connectivity index (χ1) is 15.5. The Kier molecular flexibility index (Phi) is 5.77. The van der Waals surface area contributed by atoms with E-state index in [9.17, 15) is 13.2 Å². The third-order valence-corrected chi connectivity index (χ3v) is 6.19. The highest BCUT2D eigenvalue weighted by Gasteiger charge is 2.24. The lowest BCUT2D eigenvalue weighted by Crippen LogP contribution is -2.17. The lowest BCUT2D eigenvalue weighted by Gasteiger charge is -2.19. The van der Waals surface area contributed by atoms with Crippen molar-refractivity contribution >= 4 is 32.6 Å². The Labute approximate surface area is 194 Å². The fourth-order valence-electron chi connectivity index (χ4n) is 3.56. The number of oxazole rings is 1. The number of aryl methyl sites for hydroxylation is 2. The van der Waals surface area contributed by atoms with Gasteiger partial charge in [0.1, 0.15) is 16.8 Å². The fraction of sp³-hybridized carbons (Fsp3) is 0.227. The van der Waals surface area contributed by atoms with Crippen molar-refractivity contribution in [1.29, 1.82) is 0 Å². The van der Waals surface area contributed by atoms with Gasteiger partial charge in [0, 0.05) is 11.1 Å². The van der Waals surface area contributed by atoms with E-state index >= 15 is 0 Å². The van der Waals surface area contributed by atoms with E-state index in [1.54, 1.807) is 32.9 Å². The first-order valence-corrected chi connectivity index (χ1v) is 11.7. The third-order valence-electron chi connectivity index (χ3n) is 5.15. The molecule has 33 heavy (non-hydrogen) atoms. The highest BCUT2D eigenvalue weighted by molar-refractivity contribution is 7.89. The number of ether oxygens (including phenoxy) is 1. The summed E-state index contributed by atoms with van der Waals surface area (Å²) in [5, 5.41) is 5.10. The third kappa shape index (κ3) is 4.24. The second-order valence-corrected chi connectivity index (χ2v) is 9.49. The summed E-state index contributed by atoms with van der Waals surface area (Å²) in [5.74, 6) is 0.535. The fourth-order valence-corrected chi connectivity index (χ4v) is 4.38. The standard InChI is InChI=1S/C22H20ClN3O6S/c1-10-7-14(13(4)31-16-5-6-17(23)26-22(16)33(24,28)29)21-15(8-10)18(27)11(2)19(32-21)20-12(3)25-9-30-20/h5-9,13H,1-4H3,(H2,24,28,29)/t13-/m1/s1. The molecule has 11 heteroatoms. The molecule has 0 bridgehead atoms. The minimum absolute atomic E-state index is 0.0476. The molecule has 0 radical (unpaired) electrons. The van der Waals surface area contributed by atoms with Gasteiger partial charge in [-0.05, 0) is 57.5 Å². The Bertz CT molecular complexity index is 1560. The molecule has 0 aliphatic rings. The van der Waals surface area contributed by atoms with Crippen LogP contribution in [0.5, 0.6) is 5.75 Å². The Balaban J connectivity index is 1.91. The van der Waals surface area contributed by atoms with Gasteiger partial charge in [-0.1, -0.05) is 11.6 Å². The van der Waals surface area contributed by atoms with Crippen LogP contribution < -0.4 is 15.3 Å². The van der Waals surface area contributed by atoms with E-state index in [2.05, 4.69) is 9.97 Å². The van der Waals surface area contributed by atoms with E-state index in [-0.39, 0.29) is 27.7 Å². The molecule has 9 nitrogen and oxygen atoms in total. The van der Waals surface area contributed by atoms with Gasteiger partial charge in [-0.25, -0.2) is 23.5 Å². The largest absolute Gasteiger partial charge is 0.483 e. The molecule has 0 saturated heterocycles. The van der Waals surface area contributed by atoms with Gasteiger partial charge in [0.15, 0.2) is 29.1 Å². The molecule has 1 atom stereocenters. The minimum Gasteiger partial charge on any atom is -0.483 e. The molecule has 0 saturated carbocycles. The van der Waals surface area contributed by atoms with Crippen molar-refractivity contribution < 1.29 is 22.0 Å². The number of pyridine rings is 1. The summed E-state index contributed by atoms with van der Waals surface area (Å²) in [4.78, 5) is 21.0. The maximum Gasteiger partial charge on any atom is 0.259 e. The van der Waals surface area contributed by atoms with Crippen LogP contribution in [0, 0.1) is 20.8 Å². The molecular weight excluding hydrogens is 470 g/mol. The van der Waals surface area contributed by atoms with Crippen LogP contribution in [-0.2, 0) is 10.0 Å². The molecule has 3 heterocycles. The summed E-state index contributed by atoms with van der Waals surface area (Å²) in [6.45, 7) is 6.92. The van der Waals surface area contributed by atoms with Gasteiger partial charge in [-0.15, -0.1) is 0 Å². The first-order valence-electron chi connectivity index (χ1n) is 9.81. The van der Waals surface area contributed by atoms with Crippen LogP contribution in [0.2, 0.25) is 5.15 Å². The summed E-state index contributed by atoms with van der Waals surface area (Å²) in [5.41, 5.74) is 2.33. The molecule has 0 fully saturated rings. The van der Waals surface area contributed by atoms with Gasteiger partial charge in [0.25, 0.3) is 10.0 Å². The average Bonchev–Trinajstić information content (AvgIpc) is 3.16. The van der Waals surface area contributed by atoms with Crippen LogP contribution in [0.1, 0.15) is 35.4 Å². The zero-order valence-electron chi connectivity index (χ0n) is 18.2. The van der Waals surface area contributed by atoms with Gasteiger partial charge in [0.2, 0.25) is 5.03 Å². The molecule has 2 N–H and O–H groups in total. The van der Waals surface area contributed by atoms with Gasteiger partial charge >= 0.3 is 0 Å². The number of halogens is 1. The molecule has 0 spiro atoms. The predicted molar refractivity (Wildman–Crippen MR) is 122 cm³/mol. The number of aromatic nitrogens is 2. The quantitative estimate of drug-likeness (QED) is 0.411. The van der Waals surface area contributed by atoms with Crippen LogP contribution in [0.4, 0.5) is 0 Å². The summed E-state index contributed by atoms with van der Waals surface area (Å²) in [6.07, 6.45) is 0.531. The molecule has 3 aromatic heterocycles. The minimum atomic E-state index is -4.20. The van der Waals surface area contributed by atoms with Crippen molar-refractivity contribution in [3.63, 3.8) is 0 Å². The van der Waals surface area contributed by atoms with E-state index in [0.717, 1.165) is 5.56 Å². The van der Waals surface area contributed by atoms with Gasteiger partial charge in [0.05, 0.1) is 11.1 Å². The van der Waals surface area contributed by atoms with E-state index in [0.29, 0.717) is 28.0 Å². The monoisotopic (exact) mass is 489 g/mol. The number of primary sulfonamides is 1. The Morgan fingerprint density at radius 3 is 2.52 bits per heavy atom. The molecule has 4 aromatic rings. The lowest BCUT2D eigenvalue weighted by molar-refractivity contribution is 0.219. The zero-order valence-corrected chi connectivity index (χ0v) is 19.7. The van der Waals surface area contributed by atoms with Gasteiger partial charge < -0.3 is 13.6 Å². The molecule has 4 rings (SSSR count). The topological polar surface area (TPSA) is 139 Å². The smallest absolute Gasteiger partial charge is 0.259 e. The van der Waals surface area contributed by atoms with Crippen LogP contribution in [0.25, 0.3) is 22.5 Å². The molecular formula is C22H20ClN3O6S. The highest BCUT2D eigenvalue weighted by atomic mass is 35.5.